The molecule has 0 aromatic carbocycles. The van der Waals surface area contributed by atoms with Crippen LogP contribution in [0.3, 0.4) is 0 Å². The van der Waals surface area contributed by atoms with Gasteiger partial charge in [0.25, 0.3) is 0 Å². The Hall–Kier alpha value is -1.82. The summed E-state index contributed by atoms with van der Waals surface area (Å²) in [5, 5.41) is 9.83. The van der Waals surface area contributed by atoms with Gasteiger partial charge in [0.1, 0.15) is 11.9 Å². The molecule has 0 unspecified atom stereocenters. The van der Waals surface area contributed by atoms with Gasteiger partial charge in [-0.25, -0.2) is 9.78 Å². The van der Waals surface area contributed by atoms with Crippen molar-refractivity contribution in [3.05, 3.63) is 23.4 Å². The van der Waals surface area contributed by atoms with Gasteiger partial charge in [-0.2, -0.15) is 0 Å². The molecule has 1 N–H and O–H groups in total. The molecule has 2 aliphatic rings. The Kier molecular flexibility index (Phi) is 4.71. The van der Waals surface area contributed by atoms with Crippen molar-refractivity contribution in [3.8, 4) is 0 Å². The lowest BCUT2D eigenvalue weighted by atomic mass is 9.95. The quantitative estimate of drug-likeness (QED) is 0.913. The molecule has 6 nitrogen and oxygen atoms in total. The monoisotopic (exact) mass is 337 g/mol. The van der Waals surface area contributed by atoms with Crippen LogP contribution in [0, 0.1) is 5.92 Å². The lowest BCUT2D eigenvalue weighted by molar-refractivity contribution is -0.150. The normalized spacial score (nSPS) is 22.4. The first kappa shape index (κ1) is 16.1. The summed E-state index contributed by atoms with van der Waals surface area (Å²) in [5.41, 5.74) is 0. The summed E-state index contributed by atoms with van der Waals surface area (Å²) in [6.07, 6.45) is 4.42. The third kappa shape index (κ3) is 3.42. The molecular weight excluding hydrogens is 318 g/mol. The van der Waals surface area contributed by atoms with Gasteiger partial charge in [-0.3, -0.25) is 4.79 Å². The van der Waals surface area contributed by atoms with E-state index in [0.717, 1.165) is 38.2 Å². The predicted molar refractivity (Wildman–Crippen MR) is 86.6 cm³/mol. The van der Waals surface area contributed by atoms with Crippen LogP contribution in [0.2, 0.25) is 5.02 Å². The molecule has 3 rings (SSSR count). The highest BCUT2D eigenvalue weighted by molar-refractivity contribution is 6.30. The van der Waals surface area contributed by atoms with Gasteiger partial charge in [-0.05, 0) is 37.8 Å². The molecule has 0 spiro atoms. The second-order valence-electron chi connectivity index (χ2n) is 6.12. The third-order valence-corrected chi connectivity index (χ3v) is 4.92. The van der Waals surface area contributed by atoms with Gasteiger partial charge >= 0.3 is 5.97 Å². The SMILES string of the molecule is O=C(O)[C@@H]1CCCN1C(=O)C1CCN(c2ccc(Cl)cn2)CC1. The van der Waals surface area contributed by atoms with Crippen molar-refractivity contribution >= 4 is 29.3 Å². The summed E-state index contributed by atoms with van der Waals surface area (Å²) in [5.74, 6) is -0.111. The topological polar surface area (TPSA) is 73.7 Å². The molecule has 2 saturated heterocycles. The molecule has 0 saturated carbocycles. The van der Waals surface area contributed by atoms with Crippen molar-refractivity contribution in [2.45, 2.75) is 31.7 Å². The van der Waals surface area contributed by atoms with Crippen molar-refractivity contribution in [2.75, 3.05) is 24.5 Å². The number of carbonyl (C=O) groups excluding carboxylic acids is 1. The molecule has 3 heterocycles. The number of carbonyl (C=O) groups is 2. The predicted octanol–water partition coefficient (Wildman–Crippen LogP) is 2.03. The van der Waals surface area contributed by atoms with E-state index in [1.807, 2.05) is 12.1 Å². The van der Waals surface area contributed by atoms with E-state index >= 15 is 0 Å². The highest BCUT2D eigenvalue weighted by Gasteiger charge is 2.38. The van der Waals surface area contributed by atoms with Crippen molar-refractivity contribution < 1.29 is 14.7 Å². The molecule has 1 aromatic heterocycles. The molecular formula is C16H20ClN3O3. The highest BCUT2D eigenvalue weighted by atomic mass is 35.5. The smallest absolute Gasteiger partial charge is 0.326 e. The summed E-state index contributed by atoms with van der Waals surface area (Å²) in [4.78, 5) is 31.9. The highest BCUT2D eigenvalue weighted by Crippen LogP contribution is 2.27. The van der Waals surface area contributed by atoms with E-state index in [4.69, 9.17) is 11.6 Å². The van der Waals surface area contributed by atoms with E-state index in [-0.39, 0.29) is 11.8 Å². The average Bonchev–Trinajstić information content (AvgIpc) is 3.05. The Morgan fingerprint density at radius 1 is 1.17 bits per heavy atom. The fourth-order valence-corrected chi connectivity index (χ4v) is 3.54. The summed E-state index contributed by atoms with van der Waals surface area (Å²) in [6.45, 7) is 2.06. The maximum Gasteiger partial charge on any atom is 0.326 e. The van der Waals surface area contributed by atoms with Crippen LogP contribution in [-0.2, 0) is 9.59 Å². The fourth-order valence-electron chi connectivity index (χ4n) is 3.43. The second kappa shape index (κ2) is 6.74. The summed E-state index contributed by atoms with van der Waals surface area (Å²) < 4.78 is 0. The van der Waals surface area contributed by atoms with Crippen molar-refractivity contribution in [1.29, 1.82) is 0 Å². The van der Waals surface area contributed by atoms with Gasteiger partial charge in [0.05, 0.1) is 5.02 Å². The lowest BCUT2D eigenvalue weighted by Crippen LogP contribution is -2.46. The second-order valence-corrected chi connectivity index (χ2v) is 6.56. The van der Waals surface area contributed by atoms with E-state index in [0.29, 0.717) is 18.0 Å². The van der Waals surface area contributed by atoms with E-state index in [2.05, 4.69) is 9.88 Å². The van der Waals surface area contributed by atoms with Crippen LogP contribution in [0.1, 0.15) is 25.7 Å². The zero-order chi connectivity index (χ0) is 16.4. The number of rotatable bonds is 3. The van der Waals surface area contributed by atoms with E-state index in [1.165, 1.54) is 0 Å². The Balaban J connectivity index is 1.59. The summed E-state index contributed by atoms with van der Waals surface area (Å²) in [6, 6.07) is 3.05. The Morgan fingerprint density at radius 3 is 2.52 bits per heavy atom. The van der Waals surface area contributed by atoms with Gasteiger partial charge in [0.2, 0.25) is 5.91 Å². The van der Waals surface area contributed by atoms with Gasteiger partial charge < -0.3 is 14.9 Å². The summed E-state index contributed by atoms with van der Waals surface area (Å²) >= 11 is 5.85. The van der Waals surface area contributed by atoms with Crippen LogP contribution < -0.4 is 4.90 Å². The molecule has 7 heteroatoms. The fraction of sp³-hybridized carbons (Fsp3) is 0.562. The number of likely N-dealkylation sites (tertiary alicyclic amines) is 1. The maximum atomic E-state index is 12.6. The first-order valence-electron chi connectivity index (χ1n) is 7.96. The van der Waals surface area contributed by atoms with Crippen molar-refractivity contribution in [1.82, 2.24) is 9.88 Å². The number of nitrogens with zero attached hydrogens (tertiary/aromatic N) is 3. The molecule has 1 amide bonds. The number of aliphatic carboxylic acids is 1. The zero-order valence-corrected chi connectivity index (χ0v) is 13.6. The minimum absolute atomic E-state index is 0.00128. The minimum atomic E-state index is -0.890. The first-order valence-corrected chi connectivity index (χ1v) is 8.34. The van der Waals surface area contributed by atoms with Gasteiger partial charge in [-0.1, -0.05) is 11.6 Å². The van der Waals surface area contributed by atoms with Crippen LogP contribution in [0.15, 0.2) is 18.3 Å². The number of hydrogen-bond acceptors (Lipinski definition) is 4. The van der Waals surface area contributed by atoms with E-state index in [1.54, 1.807) is 11.1 Å². The number of halogens is 1. The molecule has 1 atom stereocenters. The van der Waals surface area contributed by atoms with E-state index < -0.39 is 12.0 Å². The Morgan fingerprint density at radius 2 is 1.91 bits per heavy atom. The number of hydrogen-bond donors (Lipinski definition) is 1. The Bertz CT molecular complexity index is 585. The van der Waals surface area contributed by atoms with Crippen molar-refractivity contribution in [3.63, 3.8) is 0 Å². The molecule has 23 heavy (non-hydrogen) atoms. The molecule has 1 aromatic rings. The van der Waals surface area contributed by atoms with Crippen LogP contribution in [0.25, 0.3) is 0 Å². The number of carboxylic acids is 1. The maximum absolute atomic E-state index is 12.6. The molecule has 124 valence electrons. The number of piperidine rings is 1. The summed E-state index contributed by atoms with van der Waals surface area (Å²) in [7, 11) is 0. The average molecular weight is 338 g/mol. The zero-order valence-electron chi connectivity index (χ0n) is 12.8. The number of aromatic nitrogens is 1. The molecule has 2 aliphatic heterocycles. The van der Waals surface area contributed by atoms with E-state index in [9.17, 15) is 14.7 Å². The number of anilines is 1. The molecule has 0 bridgehead atoms. The molecule has 0 aliphatic carbocycles. The largest absolute Gasteiger partial charge is 0.480 e. The number of pyridine rings is 1. The van der Waals surface area contributed by atoms with Crippen molar-refractivity contribution in [2.24, 2.45) is 5.92 Å². The first-order chi connectivity index (χ1) is 11.1. The number of amides is 1. The number of carboxylic acid groups (broad SMARTS) is 1. The lowest BCUT2D eigenvalue weighted by Gasteiger charge is -2.34. The van der Waals surface area contributed by atoms with Gasteiger partial charge in [0.15, 0.2) is 0 Å². The third-order valence-electron chi connectivity index (χ3n) is 4.70. The minimum Gasteiger partial charge on any atom is -0.480 e. The molecule has 2 fully saturated rings. The van der Waals surface area contributed by atoms with Crippen LogP contribution in [0.5, 0.6) is 0 Å². The van der Waals surface area contributed by atoms with Gasteiger partial charge in [-0.15, -0.1) is 0 Å². The van der Waals surface area contributed by atoms with Gasteiger partial charge in [0, 0.05) is 31.7 Å². The Labute approximate surface area is 140 Å². The van der Waals surface area contributed by atoms with Crippen LogP contribution >= 0.6 is 11.6 Å². The van der Waals surface area contributed by atoms with Crippen LogP contribution in [-0.4, -0.2) is 52.5 Å². The molecule has 0 radical (unpaired) electrons. The van der Waals surface area contributed by atoms with Crippen LogP contribution in [0.4, 0.5) is 5.82 Å². The standard InChI is InChI=1S/C16H20ClN3O3/c17-12-3-4-14(18-10-12)19-8-5-11(6-9-19)15(21)20-7-1-2-13(20)16(22)23/h3-4,10-11,13H,1-2,5-9H2,(H,22,23)/t13-/m0/s1.